The molecule has 0 N–H and O–H groups in total. The largest absolute Gasteiger partial charge is 0.454 e. The zero-order valence-corrected chi connectivity index (χ0v) is 26.2. The summed E-state index contributed by atoms with van der Waals surface area (Å²) in [7, 11) is 0. The maximum absolute atomic E-state index is 6.64. The van der Waals surface area contributed by atoms with E-state index >= 15 is 0 Å². The molecule has 0 unspecified atom stereocenters. The lowest BCUT2D eigenvalue weighted by atomic mass is 9.96. The first-order valence-corrected chi connectivity index (χ1v) is 16.7. The minimum Gasteiger partial charge on any atom is -0.454 e. The molecule has 0 amide bonds. The third-order valence-corrected chi connectivity index (χ3v) is 10.6. The van der Waals surface area contributed by atoms with Crippen molar-refractivity contribution in [3.63, 3.8) is 0 Å². The Bertz CT molecular complexity index is 2810. The Morgan fingerprint density at radius 2 is 1.13 bits per heavy atom. The molecule has 2 nitrogen and oxygen atoms in total. The van der Waals surface area contributed by atoms with Crippen LogP contribution in [0.4, 0.5) is 17.1 Å². The lowest BCUT2D eigenvalue weighted by molar-refractivity contribution is 0.669. The molecular formula is C44H27NOS. The van der Waals surface area contributed by atoms with Gasteiger partial charge in [-0.3, -0.25) is 0 Å². The number of benzene rings is 8. The number of fused-ring (bicyclic) bond motifs is 10. The van der Waals surface area contributed by atoms with Gasteiger partial charge >= 0.3 is 0 Å². The fraction of sp³-hybridized carbons (Fsp3) is 0. The summed E-state index contributed by atoms with van der Waals surface area (Å²) in [6, 6.07) is 59.0. The smallest absolute Gasteiger partial charge is 0.159 e. The Morgan fingerprint density at radius 3 is 2.06 bits per heavy atom. The van der Waals surface area contributed by atoms with Crippen molar-refractivity contribution in [2.24, 2.45) is 0 Å². The number of nitrogens with zero attached hydrogens (tertiary/aromatic N) is 1. The van der Waals surface area contributed by atoms with Crippen LogP contribution >= 0.6 is 11.3 Å². The van der Waals surface area contributed by atoms with Gasteiger partial charge in [-0.1, -0.05) is 115 Å². The van der Waals surface area contributed by atoms with Gasteiger partial charge < -0.3 is 9.32 Å². The van der Waals surface area contributed by atoms with Crippen LogP contribution < -0.4 is 4.90 Å². The minimum atomic E-state index is 0.878. The van der Waals surface area contributed by atoms with Crippen molar-refractivity contribution in [1.29, 1.82) is 0 Å². The molecule has 0 bridgehead atoms. The minimum absolute atomic E-state index is 0.878. The van der Waals surface area contributed by atoms with Crippen molar-refractivity contribution in [2.75, 3.05) is 4.90 Å². The molecule has 2 aromatic heterocycles. The van der Waals surface area contributed by atoms with Crippen molar-refractivity contribution < 1.29 is 4.42 Å². The van der Waals surface area contributed by atoms with Gasteiger partial charge in [0, 0.05) is 42.3 Å². The maximum atomic E-state index is 6.64. The number of para-hydroxylation sites is 2. The number of rotatable bonds is 4. The van der Waals surface area contributed by atoms with Crippen LogP contribution in [0.5, 0.6) is 0 Å². The van der Waals surface area contributed by atoms with Crippen LogP contribution in [0.3, 0.4) is 0 Å². The monoisotopic (exact) mass is 617 g/mol. The SMILES string of the molecule is c1ccc(-c2cccc(N(c3ccc4ccc5ccc6sc7ccccc7c6c5c4c3)c3cccc4c3oc3ccccc34)c2)cc1. The first-order chi connectivity index (χ1) is 23.3. The summed E-state index contributed by atoms with van der Waals surface area (Å²) >= 11 is 1.87. The maximum Gasteiger partial charge on any atom is 0.159 e. The van der Waals surface area contributed by atoms with Crippen molar-refractivity contribution in [3.05, 3.63) is 164 Å². The van der Waals surface area contributed by atoms with Crippen LogP contribution in [-0.4, -0.2) is 0 Å². The van der Waals surface area contributed by atoms with Crippen molar-refractivity contribution in [1.82, 2.24) is 0 Å². The molecule has 2 heterocycles. The lowest BCUT2D eigenvalue weighted by Gasteiger charge is -2.26. The Labute approximate surface area is 275 Å². The molecule has 8 aromatic carbocycles. The highest BCUT2D eigenvalue weighted by Crippen LogP contribution is 2.46. The number of hydrogen-bond donors (Lipinski definition) is 0. The summed E-state index contributed by atoms with van der Waals surface area (Å²) in [6.45, 7) is 0. The van der Waals surface area contributed by atoms with Crippen molar-refractivity contribution in [3.8, 4) is 11.1 Å². The first-order valence-electron chi connectivity index (χ1n) is 15.9. The Hall–Kier alpha value is -5.90. The van der Waals surface area contributed by atoms with Crippen LogP contribution in [0.25, 0.3) is 74.8 Å². The summed E-state index contributed by atoms with van der Waals surface area (Å²) in [5.74, 6) is 0. The zero-order valence-electron chi connectivity index (χ0n) is 25.4. The molecule has 0 spiro atoms. The molecule has 0 radical (unpaired) electrons. The fourth-order valence-electron chi connectivity index (χ4n) is 7.28. The van der Waals surface area contributed by atoms with Gasteiger partial charge in [0.05, 0.1) is 5.69 Å². The van der Waals surface area contributed by atoms with E-state index in [4.69, 9.17) is 4.42 Å². The van der Waals surface area contributed by atoms with E-state index in [1.54, 1.807) is 0 Å². The van der Waals surface area contributed by atoms with Crippen LogP contribution in [0.1, 0.15) is 0 Å². The molecule has 3 heteroatoms. The second-order valence-corrected chi connectivity index (χ2v) is 13.2. The molecule has 47 heavy (non-hydrogen) atoms. The molecule has 10 rings (SSSR count). The molecule has 0 fully saturated rings. The number of furan rings is 1. The Kier molecular flexibility index (Phi) is 5.78. The Balaban J connectivity index is 1.28. The number of hydrogen-bond acceptors (Lipinski definition) is 3. The first kappa shape index (κ1) is 26.3. The molecule has 0 aliphatic heterocycles. The van der Waals surface area contributed by atoms with Gasteiger partial charge in [-0.05, 0) is 81.2 Å². The molecule has 0 saturated carbocycles. The molecule has 0 atom stereocenters. The van der Waals surface area contributed by atoms with Crippen LogP contribution in [-0.2, 0) is 0 Å². The van der Waals surface area contributed by atoms with E-state index in [0.717, 1.165) is 39.0 Å². The van der Waals surface area contributed by atoms with Crippen molar-refractivity contribution in [2.45, 2.75) is 0 Å². The standard InChI is InChI=1S/C44H27NOS/c1-2-10-28(11-3-1)31-12-8-13-32(26-31)45(38-17-9-16-35-34-14-4-6-18-39(34)46-44(35)38)33-24-22-29-20-21-30-23-25-41-43(42(30)37(29)27-33)36-15-5-7-19-40(36)47-41/h1-27H. The third-order valence-electron chi connectivity index (χ3n) is 9.42. The average molecular weight is 618 g/mol. The normalized spacial score (nSPS) is 11.8. The van der Waals surface area contributed by atoms with E-state index in [1.165, 1.54) is 52.8 Å². The van der Waals surface area contributed by atoms with Gasteiger partial charge in [-0.15, -0.1) is 11.3 Å². The highest BCUT2D eigenvalue weighted by atomic mass is 32.1. The van der Waals surface area contributed by atoms with E-state index in [9.17, 15) is 0 Å². The van der Waals surface area contributed by atoms with E-state index in [-0.39, 0.29) is 0 Å². The van der Waals surface area contributed by atoms with Crippen LogP contribution in [0.15, 0.2) is 168 Å². The van der Waals surface area contributed by atoms with Gasteiger partial charge in [0.15, 0.2) is 5.58 Å². The predicted molar refractivity (Wildman–Crippen MR) is 202 cm³/mol. The van der Waals surface area contributed by atoms with Gasteiger partial charge in [0.1, 0.15) is 5.58 Å². The highest BCUT2D eigenvalue weighted by Gasteiger charge is 2.21. The summed E-state index contributed by atoms with van der Waals surface area (Å²) in [5.41, 5.74) is 7.29. The topological polar surface area (TPSA) is 16.4 Å². The molecule has 0 saturated heterocycles. The van der Waals surface area contributed by atoms with Gasteiger partial charge in [-0.25, -0.2) is 0 Å². The van der Waals surface area contributed by atoms with Crippen molar-refractivity contribution >= 4 is 92.1 Å². The average Bonchev–Trinajstić information content (AvgIpc) is 3.71. The quantitative estimate of drug-likeness (QED) is 0.183. The van der Waals surface area contributed by atoms with Gasteiger partial charge in [0.2, 0.25) is 0 Å². The molecule has 220 valence electrons. The van der Waals surface area contributed by atoms with Crippen LogP contribution in [0.2, 0.25) is 0 Å². The predicted octanol–water partition coefficient (Wildman–Crippen LogP) is 13.4. The summed E-state index contributed by atoms with van der Waals surface area (Å²) in [5, 5.41) is 9.91. The Morgan fingerprint density at radius 1 is 0.426 bits per heavy atom. The number of thiophene rings is 1. The van der Waals surface area contributed by atoms with E-state index in [0.29, 0.717) is 0 Å². The fourth-order valence-corrected chi connectivity index (χ4v) is 8.39. The molecule has 0 aliphatic rings. The summed E-state index contributed by atoms with van der Waals surface area (Å²) in [6.07, 6.45) is 0. The van der Waals surface area contributed by atoms with E-state index in [2.05, 4.69) is 163 Å². The molecular weight excluding hydrogens is 591 g/mol. The molecule has 0 aliphatic carbocycles. The summed E-state index contributed by atoms with van der Waals surface area (Å²) in [4.78, 5) is 2.36. The third kappa shape index (κ3) is 4.10. The number of anilines is 3. The van der Waals surface area contributed by atoms with E-state index in [1.807, 2.05) is 17.4 Å². The van der Waals surface area contributed by atoms with E-state index < -0.39 is 0 Å². The van der Waals surface area contributed by atoms with Crippen LogP contribution in [0, 0.1) is 0 Å². The summed E-state index contributed by atoms with van der Waals surface area (Å²) < 4.78 is 9.27. The second kappa shape index (κ2) is 10.3. The van der Waals surface area contributed by atoms with Gasteiger partial charge in [-0.2, -0.15) is 0 Å². The lowest BCUT2D eigenvalue weighted by Crippen LogP contribution is -2.10. The van der Waals surface area contributed by atoms with Gasteiger partial charge in [0.25, 0.3) is 0 Å². The highest BCUT2D eigenvalue weighted by molar-refractivity contribution is 7.26. The zero-order chi connectivity index (χ0) is 30.9. The second-order valence-electron chi connectivity index (χ2n) is 12.1. The molecule has 10 aromatic rings.